The van der Waals surface area contributed by atoms with E-state index in [1.54, 1.807) is 29.9 Å². The van der Waals surface area contributed by atoms with Crippen molar-refractivity contribution in [2.75, 3.05) is 17.2 Å². The van der Waals surface area contributed by atoms with Crippen molar-refractivity contribution in [3.05, 3.63) is 28.2 Å². The van der Waals surface area contributed by atoms with Crippen molar-refractivity contribution < 1.29 is 9.53 Å². The first-order valence-corrected chi connectivity index (χ1v) is 8.07. The van der Waals surface area contributed by atoms with Crippen molar-refractivity contribution in [3.63, 3.8) is 0 Å². The van der Waals surface area contributed by atoms with E-state index in [0.29, 0.717) is 33.2 Å². The standard InChI is InChI=1S/C12H11Cl2N5O2S/c1-18-11(15-16-17-18)22-6-8-5-19(12(20)21-8)7-2-3-9(13)10(14)4-7/h2-4,8H,5-6H2,1H3. The predicted molar refractivity (Wildman–Crippen MR) is 83.6 cm³/mol. The van der Waals surface area contributed by atoms with E-state index in [-0.39, 0.29) is 6.10 Å². The van der Waals surface area contributed by atoms with Gasteiger partial charge in [0.2, 0.25) is 5.16 Å². The number of nitrogens with zero attached hydrogens (tertiary/aromatic N) is 5. The number of tetrazole rings is 1. The molecule has 0 spiro atoms. The number of amides is 1. The molecule has 1 saturated heterocycles. The van der Waals surface area contributed by atoms with E-state index in [0.717, 1.165) is 0 Å². The van der Waals surface area contributed by atoms with Crippen molar-refractivity contribution in [1.82, 2.24) is 20.2 Å². The monoisotopic (exact) mass is 359 g/mol. The van der Waals surface area contributed by atoms with Crippen molar-refractivity contribution in [3.8, 4) is 0 Å². The zero-order valence-corrected chi connectivity index (χ0v) is 13.8. The Hall–Kier alpha value is -1.51. The number of carbonyl (C=O) groups is 1. The van der Waals surface area contributed by atoms with Crippen LogP contribution in [0.15, 0.2) is 23.4 Å². The summed E-state index contributed by atoms with van der Waals surface area (Å²) in [5, 5.41) is 12.7. The zero-order valence-electron chi connectivity index (χ0n) is 11.4. The number of anilines is 1. The van der Waals surface area contributed by atoms with Crippen LogP contribution in [0.25, 0.3) is 0 Å². The van der Waals surface area contributed by atoms with Gasteiger partial charge in [-0.1, -0.05) is 35.0 Å². The fourth-order valence-corrected chi connectivity index (χ4v) is 3.10. The topological polar surface area (TPSA) is 73.1 Å². The third-order valence-corrected chi connectivity index (χ3v) is 4.95. The summed E-state index contributed by atoms with van der Waals surface area (Å²) < 4.78 is 6.92. The van der Waals surface area contributed by atoms with E-state index in [9.17, 15) is 4.79 Å². The molecule has 22 heavy (non-hydrogen) atoms. The Morgan fingerprint density at radius 1 is 1.41 bits per heavy atom. The summed E-state index contributed by atoms with van der Waals surface area (Å²) in [7, 11) is 1.75. The Morgan fingerprint density at radius 3 is 2.91 bits per heavy atom. The quantitative estimate of drug-likeness (QED) is 0.781. The molecule has 0 radical (unpaired) electrons. The smallest absolute Gasteiger partial charge is 0.414 e. The van der Waals surface area contributed by atoms with Gasteiger partial charge in [-0.05, 0) is 28.6 Å². The Kier molecular flexibility index (Phi) is 4.42. The summed E-state index contributed by atoms with van der Waals surface area (Å²) in [5.41, 5.74) is 0.659. The van der Waals surface area contributed by atoms with Crippen LogP contribution >= 0.6 is 35.0 Å². The molecule has 1 aliphatic heterocycles. The largest absolute Gasteiger partial charge is 0.443 e. The lowest BCUT2D eigenvalue weighted by atomic mass is 10.3. The molecule has 2 aromatic rings. The third kappa shape index (κ3) is 3.13. The highest BCUT2D eigenvalue weighted by molar-refractivity contribution is 7.99. The first kappa shape index (κ1) is 15.4. The number of aryl methyl sites for hydroxylation is 1. The number of aromatic nitrogens is 4. The summed E-state index contributed by atoms with van der Waals surface area (Å²) in [6.07, 6.45) is -0.649. The molecule has 0 saturated carbocycles. The highest BCUT2D eigenvalue weighted by Gasteiger charge is 2.32. The molecule has 0 aliphatic carbocycles. The molecule has 2 heterocycles. The molecule has 116 valence electrons. The average Bonchev–Trinajstić information content (AvgIpc) is 3.06. The molecule has 0 N–H and O–H groups in total. The van der Waals surface area contributed by atoms with Crippen LogP contribution in [0.5, 0.6) is 0 Å². The van der Waals surface area contributed by atoms with Crippen molar-refractivity contribution in [1.29, 1.82) is 0 Å². The number of benzene rings is 1. The molecule has 1 unspecified atom stereocenters. The van der Waals surface area contributed by atoms with Crippen LogP contribution in [0.2, 0.25) is 10.0 Å². The molecule has 1 aromatic heterocycles. The van der Waals surface area contributed by atoms with Gasteiger partial charge in [-0.25, -0.2) is 9.48 Å². The van der Waals surface area contributed by atoms with E-state index >= 15 is 0 Å². The minimum atomic E-state index is -0.403. The Balaban J connectivity index is 1.65. The second-order valence-electron chi connectivity index (χ2n) is 4.61. The third-order valence-electron chi connectivity index (χ3n) is 3.07. The lowest BCUT2D eigenvalue weighted by molar-refractivity contribution is 0.151. The summed E-state index contributed by atoms with van der Waals surface area (Å²) in [4.78, 5) is 13.5. The maximum atomic E-state index is 12.0. The lowest BCUT2D eigenvalue weighted by Crippen LogP contribution is -2.25. The second kappa shape index (κ2) is 6.31. The van der Waals surface area contributed by atoms with Crippen LogP contribution < -0.4 is 4.90 Å². The van der Waals surface area contributed by atoms with Gasteiger partial charge < -0.3 is 4.74 Å². The summed E-state index contributed by atoms with van der Waals surface area (Å²) >= 11 is 13.3. The molecule has 3 rings (SSSR count). The van der Waals surface area contributed by atoms with Gasteiger partial charge in [0.1, 0.15) is 6.10 Å². The normalized spacial score (nSPS) is 17.9. The van der Waals surface area contributed by atoms with Gasteiger partial charge in [0.25, 0.3) is 0 Å². The van der Waals surface area contributed by atoms with E-state index in [4.69, 9.17) is 27.9 Å². The fraction of sp³-hybridized carbons (Fsp3) is 0.333. The molecule has 1 amide bonds. The summed E-state index contributed by atoms with van der Waals surface area (Å²) in [6.45, 7) is 0.440. The fourth-order valence-electron chi connectivity index (χ4n) is 1.98. The van der Waals surface area contributed by atoms with Gasteiger partial charge in [-0.3, -0.25) is 4.90 Å². The van der Waals surface area contributed by atoms with Crippen LogP contribution in [0.1, 0.15) is 0 Å². The van der Waals surface area contributed by atoms with Crippen LogP contribution in [0, 0.1) is 0 Å². The molecule has 10 heteroatoms. The lowest BCUT2D eigenvalue weighted by Gasteiger charge is -2.13. The van der Waals surface area contributed by atoms with Gasteiger partial charge >= 0.3 is 6.09 Å². The molecular formula is C12H11Cl2N5O2S. The van der Waals surface area contributed by atoms with Crippen LogP contribution in [0.4, 0.5) is 10.5 Å². The van der Waals surface area contributed by atoms with Gasteiger partial charge in [0, 0.05) is 18.5 Å². The number of cyclic esters (lactones) is 1. The first-order valence-electron chi connectivity index (χ1n) is 6.33. The molecule has 1 atom stereocenters. The van der Waals surface area contributed by atoms with Crippen molar-refractivity contribution >= 4 is 46.7 Å². The summed E-state index contributed by atoms with van der Waals surface area (Å²) in [5.74, 6) is 0.567. The second-order valence-corrected chi connectivity index (χ2v) is 6.41. The van der Waals surface area contributed by atoms with Crippen LogP contribution in [-0.4, -0.2) is 44.7 Å². The molecule has 1 aliphatic rings. The Bertz CT molecular complexity index is 711. The Morgan fingerprint density at radius 2 is 2.23 bits per heavy atom. The summed E-state index contributed by atoms with van der Waals surface area (Å²) in [6, 6.07) is 5.03. The van der Waals surface area contributed by atoms with Gasteiger partial charge in [0.15, 0.2) is 0 Å². The molecular weight excluding hydrogens is 349 g/mol. The first-order chi connectivity index (χ1) is 10.5. The van der Waals surface area contributed by atoms with E-state index in [2.05, 4.69) is 15.5 Å². The van der Waals surface area contributed by atoms with Crippen molar-refractivity contribution in [2.45, 2.75) is 11.3 Å². The van der Waals surface area contributed by atoms with Gasteiger partial charge in [0.05, 0.1) is 16.6 Å². The van der Waals surface area contributed by atoms with Gasteiger partial charge in [-0.2, -0.15) is 0 Å². The van der Waals surface area contributed by atoms with Crippen molar-refractivity contribution in [2.24, 2.45) is 7.05 Å². The number of halogens is 2. The van der Waals surface area contributed by atoms with E-state index in [1.807, 2.05) is 0 Å². The zero-order chi connectivity index (χ0) is 15.7. The number of ether oxygens (including phenoxy) is 1. The Labute approximate surface area is 140 Å². The minimum absolute atomic E-state index is 0.247. The van der Waals surface area contributed by atoms with Gasteiger partial charge in [-0.15, -0.1) is 5.10 Å². The molecule has 0 bridgehead atoms. The highest BCUT2D eigenvalue weighted by atomic mass is 35.5. The minimum Gasteiger partial charge on any atom is -0.443 e. The number of rotatable bonds is 4. The van der Waals surface area contributed by atoms with Crippen LogP contribution in [0.3, 0.4) is 0 Å². The number of hydrogen-bond donors (Lipinski definition) is 0. The molecule has 1 aromatic carbocycles. The maximum Gasteiger partial charge on any atom is 0.414 e. The number of carbonyl (C=O) groups excluding carboxylic acids is 1. The number of thioether (sulfide) groups is 1. The SMILES string of the molecule is Cn1nnnc1SCC1CN(c2ccc(Cl)c(Cl)c2)C(=O)O1. The van der Waals surface area contributed by atoms with E-state index in [1.165, 1.54) is 16.7 Å². The highest BCUT2D eigenvalue weighted by Crippen LogP contribution is 2.30. The van der Waals surface area contributed by atoms with E-state index < -0.39 is 6.09 Å². The number of hydrogen-bond acceptors (Lipinski definition) is 6. The molecule has 7 nitrogen and oxygen atoms in total. The van der Waals surface area contributed by atoms with Crippen LogP contribution in [-0.2, 0) is 11.8 Å². The molecule has 1 fully saturated rings. The maximum absolute atomic E-state index is 12.0. The average molecular weight is 360 g/mol. The predicted octanol–water partition coefficient (Wildman–Crippen LogP) is 2.63.